The number of nitrogens with zero attached hydrogens (tertiary/aromatic N) is 1. The Morgan fingerprint density at radius 2 is 2.14 bits per heavy atom. The van der Waals surface area contributed by atoms with Gasteiger partial charge in [-0.25, -0.2) is 0 Å². The zero-order chi connectivity index (χ0) is 9.86. The lowest BCUT2D eigenvalue weighted by Gasteiger charge is -2.39. The van der Waals surface area contributed by atoms with E-state index < -0.39 is 0 Å². The summed E-state index contributed by atoms with van der Waals surface area (Å²) in [5.41, 5.74) is -0.00602. The quantitative estimate of drug-likeness (QED) is 0.759. The summed E-state index contributed by atoms with van der Waals surface area (Å²) in [5, 5.41) is 9.21. The van der Waals surface area contributed by atoms with Crippen LogP contribution in [0.2, 0.25) is 0 Å². The number of hydrogen-bond acceptors (Lipinski definition) is 4. The Hall–Kier alpha value is -0.580. The highest BCUT2D eigenvalue weighted by Crippen LogP contribution is 2.33. The molecule has 0 atom stereocenters. The number of aliphatic hydroxyl groups is 1. The van der Waals surface area contributed by atoms with Gasteiger partial charge < -0.3 is 9.84 Å². The molecule has 0 bridgehead atoms. The molecule has 4 heteroatoms. The maximum absolute atomic E-state index is 9.21. The number of ether oxygens (including phenoxy) is 1. The van der Waals surface area contributed by atoms with Crippen molar-refractivity contribution in [3.05, 3.63) is 24.5 Å². The van der Waals surface area contributed by atoms with E-state index in [0.717, 1.165) is 5.75 Å². The van der Waals surface area contributed by atoms with Gasteiger partial charge in [0, 0.05) is 28.5 Å². The number of thioether (sulfide) groups is 1. The van der Waals surface area contributed by atoms with Crippen LogP contribution in [0.1, 0.15) is 0 Å². The molecule has 2 heterocycles. The number of rotatable bonds is 4. The van der Waals surface area contributed by atoms with E-state index in [0.29, 0.717) is 13.2 Å². The van der Waals surface area contributed by atoms with Crippen molar-refractivity contribution in [1.82, 2.24) is 4.98 Å². The number of aliphatic hydroxyl groups excluding tert-OH is 1. The topological polar surface area (TPSA) is 42.4 Å². The average molecular weight is 211 g/mol. The van der Waals surface area contributed by atoms with E-state index in [-0.39, 0.29) is 12.0 Å². The highest BCUT2D eigenvalue weighted by atomic mass is 32.2. The van der Waals surface area contributed by atoms with Gasteiger partial charge in [0.05, 0.1) is 19.8 Å². The summed E-state index contributed by atoms with van der Waals surface area (Å²) in [6, 6.07) is 3.96. The standard InChI is InChI=1S/C10H13NO2S/c12-5-10(6-13-7-10)8-14-9-1-3-11-4-2-9/h1-4,12H,5-8H2. The van der Waals surface area contributed by atoms with Crippen LogP contribution in [0.4, 0.5) is 0 Å². The van der Waals surface area contributed by atoms with Crippen LogP contribution in [-0.2, 0) is 4.74 Å². The molecule has 1 N–H and O–H groups in total. The van der Waals surface area contributed by atoms with Gasteiger partial charge in [-0.2, -0.15) is 0 Å². The highest BCUT2D eigenvalue weighted by molar-refractivity contribution is 7.99. The zero-order valence-electron chi connectivity index (χ0n) is 7.85. The number of aromatic nitrogens is 1. The van der Waals surface area contributed by atoms with Crippen LogP contribution in [0.5, 0.6) is 0 Å². The summed E-state index contributed by atoms with van der Waals surface area (Å²) in [6.45, 7) is 1.58. The smallest absolute Gasteiger partial charge is 0.0575 e. The average Bonchev–Trinajstić information content (AvgIpc) is 2.19. The summed E-state index contributed by atoms with van der Waals surface area (Å²) in [5.74, 6) is 0.910. The van der Waals surface area contributed by atoms with Crippen molar-refractivity contribution in [2.24, 2.45) is 5.41 Å². The molecule has 0 radical (unpaired) electrons. The fourth-order valence-electron chi connectivity index (χ4n) is 1.28. The van der Waals surface area contributed by atoms with Crippen molar-refractivity contribution in [2.45, 2.75) is 4.90 Å². The minimum Gasteiger partial charge on any atom is -0.396 e. The summed E-state index contributed by atoms with van der Waals surface area (Å²) in [7, 11) is 0. The Kier molecular flexibility index (Phi) is 3.05. The van der Waals surface area contributed by atoms with Gasteiger partial charge in [-0.3, -0.25) is 4.98 Å². The Balaban J connectivity index is 1.88. The molecule has 14 heavy (non-hydrogen) atoms. The molecular formula is C10H13NO2S. The minimum absolute atomic E-state index is 0.00602. The lowest BCUT2D eigenvalue weighted by atomic mass is 9.90. The van der Waals surface area contributed by atoms with Gasteiger partial charge >= 0.3 is 0 Å². The first kappa shape index (κ1) is 9.96. The molecule has 0 spiro atoms. The van der Waals surface area contributed by atoms with E-state index in [4.69, 9.17) is 4.74 Å². The Bertz CT molecular complexity index is 282. The first-order valence-corrected chi connectivity index (χ1v) is 5.55. The molecule has 0 unspecified atom stereocenters. The largest absolute Gasteiger partial charge is 0.396 e. The third kappa shape index (κ3) is 2.08. The maximum Gasteiger partial charge on any atom is 0.0575 e. The third-order valence-electron chi connectivity index (χ3n) is 2.35. The van der Waals surface area contributed by atoms with Gasteiger partial charge in [-0.15, -0.1) is 11.8 Å². The van der Waals surface area contributed by atoms with Crippen molar-refractivity contribution >= 4 is 11.8 Å². The van der Waals surface area contributed by atoms with Crippen LogP contribution in [0.15, 0.2) is 29.4 Å². The molecule has 0 aliphatic carbocycles. The lowest BCUT2D eigenvalue weighted by Crippen LogP contribution is -2.47. The molecular weight excluding hydrogens is 198 g/mol. The Labute approximate surface area is 87.5 Å². The number of pyridine rings is 1. The van der Waals surface area contributed by atoms with E-state index >= 15 is 0 Å². The van der Waals surface area contributed by atoms with Crippen molar-refractivity contribution < 1.29 is 9.84 Å². The third-order valence-corrected chi connectivity index (χ3v) is 3.71. The van der Waals surface area contributed by atoms with Crippen molar-refractivity contribution in [1.29, 1.82) is 0 Å². The summed E-state index contributed by atoms with van der Waals surface area (Å²) in [4.78, 5) is 5.15. The van der Waals surface area contributed by atoms with Gasteiger partial charge in [0.25, 0.3) is 0 Å². The Morgan fingerprint density at radius 3 is 2.64 bits per heavy atom. The van der Waals surface area contributed by atoms with E-state index in [1.807, 2.05) is 12.1 Å². The lowest BCUT2D eigenvalue weighted by molar-refractivity contribution is -0.121. The molecule has 1 saturated heterocycles. The van der Waals surface area contributed by atoms with E-state index in [9.17, 15) is 5.11 Å². The monoisotopic (exact) mass is 211 g/mol. The second-order valence-electron chi connectivity index (χ2n) is 3.62. The van der Waals surface area contributed by atoms with Crippen molar-refractivity contribution in [3.63, 3.8) is 0 Å². The SMILES string of the molecule is OCC1(CSc2ccncc2)COC1. The van der Waals surface area contributed by atoms with E-state index in [2.05, 4.69) is 4.98 Å². The van der Waals surface area contributed by atoms with Gasteiger partial charge in [0.15, 0.2) is 0 Å². The maximum atomic E-state index is 9.21. The highest BCUT2D eigenvalue weighted by Gasteiger charge is 2.37. The number of hydrogen-bond donors (Lipinski definition) is 1. The molecule has 1 aliphatic heterocycles. The van der Waals surface area contributed by atoms with E-state index in [1.165, 1.54) is 4.90 Å². The normalized spacial score (nSPS) is 18.9. The summed E-state index contributed by atoms with van der Waals surface area (Å²) >= 11 is 1.75. The second kappa shape index (κ2) is 4.29. The molecule has 3 nitrogen and oxygen atoms in total. The summed E-state index contributed by atoms with van der Waals surface area (Å²) in [6.07, 6.45) is 3.57. The molecule has 0 saturated carbocycles. The molecule has 76 valence electrons. The predicted molar refractivity (Wildman–Crippen MR) is 55.3 cm³/mol. The molecule has 0 amide bonds. The van der Waals surface area contributed by atoms with Crippen LogP contribution in [0.3, 0.4) is 0 Å². The van der Waals surface area contributed by atoms with Gasteiger partial charge in [-0.05, 0) is 12.1 Å². The first-order chi connectivity index (χ1) is 6.85. The van der Waals surface area contributed by atoms with Gasteiger partial charge in [-0.1, -0.05) is 0 Å². The van der Waals surface area contributed by atoms with Gasteiger partial charge in [0.1, 0.15) is 0 Å². The molecule has 2 rings (SSSR count). The fraction of sp³-hybridized carbons (Fsp3) is 0.500. The van der Waals surface area contributed by atoms with Crippen molar-refractivity contribution in [3.8, 4) is 0 Å². The second-order valence-corrected chi connectivity index (χ2v) is 4.67. The van der Waals surface area contributed by atoms with E-state index in [1.54, 1.807) is 24.2 Å². The molecule has 1 aromatic rings. The molecule has 1 fully saturated rings. The van der Waals surface area contributed by atoms with Crippen LogP contribution in [0, 0.1) is 5.41 Å². The van der Waals surface area contributed by atoms with Crippen LogP contribution in [0.25, 0.3) is 0 Å². The van der Waals surface area contributed by atoms with Crippen molar-refractivity contribution in [2.75, 3.05) is 25.6 Å². The molecule has 1 aliphatic rings. The zero-order valence-corrected chi connectivity index (χ0v) is 8.67. The fourth-order valence-corrected chi connectivity index (χ4v) is 2.33. The van der Waals surface area contributed by atoms with Crippen LogP contribution >= 0.6 is 11.8 Å². The Morgan fingerprint density at radius 1 is 1.43 bits per heavy atom. The molecule has 1 aromatic heterocycles. The first-order valence-electron chi connectivity index (χ1n) is 4.56. The van der Waals surface area contributed by atoms with Crippen LogP contribution < -0.4 is 0 Å². The van der Waals surface area contributed by atoms with Crippen LogP contribution in [-0.4, -0.2) is 35.7 Å². The summed E-state index contributed by atoms with van der Waals surface area (Å²) < 4.78 is 5.13. The molecule has 0 aromatic carbocycles. The minimum atomic E-state index is -0.00602. The predicted octanol–water partition coefficient (Wildman–Crippen LogP) is 1.18. The van der Waals surface area contributed by atoms with Gasteiger partial charge in [0.2, 0.25) is 0 Å².